The van der Waals surface area contributed by atoms with E-state index in [9.17, 15) is 5.11 Å². The van der Waals surface area contributed by atoms with Crippen molar-refractivity contribution in [3.63, 3.8) is 0 Å². The van der Waals surface area contributed by atoms with Crippen LogP contribution in [-0.4, -0.2) is 35.2 Å². The molecule has 1 atom stereocenters. The minimum atomic E-state index is -0.463. The van der Waals surface area contributed by atoms with Crippen LogP contribution in [0.15, 0.2) is 24.3 Å². The summed E-state index contributed by atoms with van der Waals surface area (Å²) in [5.74, 6) is 0. The van der Waals surface area contributed by atoms with Crippen molar-refractivity contribution in [3.8, 4) is 0 Å². The lowest BCUT2D eigenvalue weighted by atomic mass is 9.93. The molecule has 0 aromatic heterocycles. The van der Waals surface area contributed by atoms with E-state index in [1.807, 2.05) is 6.92 Å². The SMILES string of the molecule is Cc1ccc(C(N)CCN2CCC(C)(O)CC2)cc1. The van der Waals surface area contributed by atoms with Crippen molar-refractivity contribution in [1.29, 1.82) is 0 Å². The molecule has 0 saturated carbocycles. The second kappa shape index (κ2) is 6.04. The minimum absolute atomic E-state index is 0.114. The molecule has 0 bridgehead atoms. The lowest BCUT2D eigenvalue weighted by Gasteiger charge is -2.36. The third-order valence-electron chi connectivity index (χ3n) is 4.20. The van der Waals surface area contributed by atoms with Gasteiger partial charge >= 0.3 is 0 Å². The molecule has 1 aliphatic rings. The maximum Gasteiger partial charge on any atom is 0.0644 e. The predicted octanol–water partition coefficient (Wildman–Crippen LogP) is 2.23. The van der Waals surface area contributed by atoms with E-state index in [2.05, 4.69) is 36.1 Å². The van der Waals surface area contributed by atoms with Crippen LogP contribution >= 0.6 is 0 Å². The maximum atomic E-state index is 9.92. The van der Waals surface area contributed by atoms with Crippen LogP contribution in [-0.2, 0) is 0 Å². The van der Waals surface area contributed by atoms with Crippen molar-refractivity contribution in [3.05, 3.63) is 35.4 Å². The third kappa shape index (κ3) is 4.30. The van der Waals surface area contributed by atoms with Gasteiger partial charge in [0.1, 0.15) is 0 Å². The Labute approximate surface area is 116 Å². The molecule has 1 aromatic carbocycles. The van der Waals surface area contributed by atoms with E-state index >= 15 is 0 Å². The monoisotopic (exact) mass is 262 g/mol. The highest BCUT2D eigenvalue weighted by Crippen LogP contribution is 2.22. The number of piperidine rings is 1. The topological polar surface area (TPSA) is 49.5 Å². The molecule has 3 nitrogen and oxygen atoms in total. The Morgan fingerprint density at radius 2 is 1.84 bits per heavy atom. The van der Waals surface area contributed by atoms with E-state index < -0.39 is 5.60 Å². The molecule has 19 heavy (non-hydrogen) atoms. The molecule has 1 unspecified atom stereocenters. The first-order valence-corrected chi connectivity index (χ1v) is 7.23. The molecule has 3 N–H and O–H groups in total. The lowest BCUT2D eigenvalue weighted by Crippen LogP contribution is -2.43. The Hall–Kier alpha value is -0.900. The molecule has 1 saturated heterocycles. The van der Waals surface area contributed by atoms with Gasteiger partial charge < -0.3 is 15.7 Å². The summed E-state index contributed by atoms with van der Waals surface area (Å²) in [7, 11) is 0. The van der Waals surface area contributed by atoms with Gasteiger partial charge in [-0.25, -0.2) is 0 Å². The Kier molecular flexibility index (Phi) is 4.61. The van der Waals surface area contributed by atoms with Crippen molar-refractivity contribution < 1.29 is 5.11 Å². The number of nitrogens with zero attached hydrogens (tertiary/aromatic N) is 1. The predicted molar refractivity (Wildman–Crippen MR) is 79.0 cm³/mol. The largest absolute Gasteiger partial charge is 0.390 e. The number of benzene rings is 1. The molecule has 0 radical (unpaired) electrons. The number of rotatable bonds is 4. The van der Waals surface area contributed by atoms with Gasteiger partial charge in [-0.3, -0.25) is 0 Å². The number of aryl methyl sites for hydroxylation is 1. The van der Waals surface area contributed by atoms with Crippen molar-refractivity contribution in [1.82, 2.24) is 4.90 Å². The zero-order valence-corrected chi connectivity index (χ0v) is 12.1. The first-order valence-electron chi connectivity index (χ1n) is 7.23. The number of hydrogen-bond donors (Lipinski definition) is 2. The van der Waals surface area contributed by atoms with Crippen LogP contribution in [0, 0.1) is 6.92 Å². The zero-order chi connectivity index (χ0) is 13.9. The van der Waals surface area contributed by atoms with E-state index in [1.165, 1.54) is 11.1 Å². The molecule has 106 valence electrons. The van der Waals surface area contributed by atoms with E-state index in [-0.39, 0.29) is 6.04 Å². The van der Waals surface area contributed by atoms with Gasteiger partial charge in [0, 0.05) is 19.1 Å². The van der Waals surface area contributed by atoms with Crippen molar-refractivity contribution in [2.75, 3.05) is 19.6 Å². The number of hydrogen-bond acceptors (Lipinski definition) is 3. The van der Waals surface area contributed by atoms with Crippen LogP contribution in [0.5, 0.6) is 0 Å². The van der Waals surface area contributed by atoms with Crippen LogP contribution in [0.3, 0.4) is 0 Å². The molecule has 0 aliphatic carbocycles. The van der Waals surface area contributed by atoms with Crippen LogP contribution in [0.4, 0.5) is 0 Å². The van der Waals surface area contributed by atoms with E-state index in [1.54, 1.807) is 0 Å². The number of likely N-dealkylation sites (tertiary alicyclic amines) is 1. The Bertz CT molecular complexity index is 390. The summed E-state index contributed by atoms with van der Waals surface area (Å²) < 4.78 is 0. The number of aliphatic hydroxyl groups is 1. The molecular weight excluding hydrogens is 236 g/mol. The molecule has 1 aromatic rings. The minimum Gasteiger partial charge on any atom is -0.390 e. The lowest BCUT2D eigenvalue weighted by molar-refractivity contribution is -0.00576. The fourth-order valence-corrected chi connectivity index (χ4v) is 2.56. The summed E-state index contributed by atoms with van der Waals surface area (Å²) in [6.45, 7) is 7.00. The maximum absolute atomic E-state index is 9.92. The molecule has 3 heteroatoms. The van der Waals surface area contributed by atoms with Crippen molar-refractivity contribution in [2.45, 2.75) is 44.8 Å². The summed E-state index contributed by atoms with van der Waals surface area (Å²) in [6, 6.07) is 8.60. The summed E-state index contributed by atoms with van der Waals surface area (Å²) in [4.78, 5) is 2.41. The first kappa shape index (κ1) is 14.5. The fourth-order valence-electron chi connectivity index (χ4n) is 2.56. The van der Waals surface area contributed by atoms with E-state index in [0.717, 1.165) is 38.9 Å². The molecular formula is C16H26N2O. The Morgan fingerprint density at radius 3 is 2.42 bits per heavy atom. The molecule has 1 aliphatic heterocycles. The highest BCUT2D eigenvalue weighted by atomic mass is 16.3. The Morgan fingerprint density at radius 1 is 1.26 bits per heavy atom. The number of nitrogens with two attached hydrogens (primary N) is 1. The van der Waals surface area contributed by atoms with Gasteiger partial charge in [-0.05, 0) is 45.2 Å². The second-order valence-corrected chi connectivity index (χ2v) is 6.14. The molecule has 0 spiro atoms. The average molecular weight is 262 g/mol. The van der Waals surface area contributed by atoms with Crippen LogP contribution in [0.25, 0.3) is 0 Å². The summed E-state index contributed by atoms with van der Waals surface area (Å²) in [5.41, 5.74) is 8.27. The Balaban J connectivity index is 1.78. The summed E-state index contributed by atoms with van der Waals surface area (Å²) in [6.07, 6.45) is 2.71. The highest BCUT2D eigenvalue weighted by Gasteiger charge is 2.27. The van der Waals surface area contributed by atoms with Gasteiger partial charge in [-0.1, -0.05) is 29.8 Å². The first-order chi connectivity index (χ1) is 8.96. The standard InChI is InChI=1S/C16H26N2O/c1-13-3-5-14(6-4-13)15(17)7-10-18-11-8-16(2,19)9-12-18/h3-6,15,19H,7-12,17H2,1-2H3. The molecule has 1 heterocycles. The second-order valence-electron chi connectivity index (χ2n) is 6.14. The zero-order valence-electron chi connectivity index (χ0n) is 12.1. The average Bonchev–Trinajstić information content (AvgIpc) is 2.38. The van der Waals surface area contributed by atoms with Crippen LogP contribution < -0.4 is 5.73 Å². The van der Waals surface area contributed by atoms with Crippen molar-refractivity contribution in [2.24, 2.45) is 5.73 Å². The van der Waals surface area contributed by atoms with Gasteiger partial charge in [0.25, 0.3) is 0 Å². The highest BCUT2D eigenvalue weighted by molar-refractivity contribution is 5.23. The molecule has 1 fully saturated rings. The quantitative estimate of drug-likeness (QED) is 0.875. The van der Waals surface area contributed by atoms with E-state index in [4.69, 9.17) is 5.73 Å². The van der Waals surface area contributed by atoms with Gasteiger partial charge in [0.2, 0.25) is 0 Å². The van der Waals surface area contributed by atoms with Gasteiger partial charge in [-0.2, -0.15) is 0 Å². The summed E-state index contributed by atoms with van der Waals surface area (Å²) >= 11 is 0. The van der Waals surface area contributed by atoms with E-state index in [0.29, 0.717) is 0 Å². The molecule has 0 amide bonds. The molecule has 2 rings (SSSR count). The fraction of sp³-hybridized carbons (Fsp3) is 0.625. The van der Waals surface area contributed by atoms with Crippen LogP contribution in [0.1, 0.15) is 43.4 Å². The van der Waals surface area contributed by atoms with Crippen molar-refractivity contribution >= 4 is 0 Å². The van der Waals surface area contributed by atoms with Gasteiger partial charge in [0.05, 0.1) is 5.60 Å². The smallest absolute Gasteiger partial charge is 0.0644 e. The normalized spacial score (nSPS) is 21.3. The van der Waals surface area contributed by atoms with Gasteiger partial charge in [-0.15, -0.1) is 0 Å². The van der Waals surface area contributed by atoms with Crippen LogP contribution in [0.2, 0.25) is 0 Å². The third-order valence-corrected chi connectivity index (χ3v) is 4.20. The van der Waals surface area contributed by atoms with Gasteiger partial charge in [0.15, 0.2) is 0 Å². The summed E-state index contributed by atoms with van der Waals surface area (Å²) in [5, 5.41) is 9.92.